The van der Waals surface area contributed by atoms with Gasteiger partial charge in [-0.3, -0.25) is 9.59 Å². The molecular formula is C14H17FN2O3. The van der Waals surface area contributed by atoms with Gasteiger partial charge in [0.2, 0.25) is 11.8 Å². The van der Waals surface area contributed by atoms with Gasteiger partial charge in [0.15, 0.2) is 0 Å². The van der Waals surface area contributed by atoms with E-state index in [2.05, 4.69) is 5.32 Å². The average Bonchev–Trinajstić information content (AvgIpc) is 2.81. The van der Waals surface area contributed by atoms with Crippen molar-refractivity contribution in [1.82, 2.24) is 10.2 Å². The fraction of sp³-hybridized carbons (Fsp3) is 0.429. The maximum Gasteiger partial charge on any atom is 0.239 e. The zero-order valence-corrected chi connectivity index (χ0v) is 11.3. The molecule has 5 nitrogen and oxygen atoms in total. The number of hydrogen-bond acceptors (Lipinski definition) is 3. The first-order chi connectivity index (χ1) is 9.58. The van der Waals surface area contributed by atoms with Crippen molar-refractivity contribution in [2.45, 2.75) is 19.4 Å². The summed E-state index contributed by atoms with van der Waals surface area (Å²) in [4.78, 5) is 24.6. The standard InChI is InChI=1S/C14H17FN2O3/c1-20-12-6-10(5-11(15)7-12)8-16-13(18)9-17-4-2-3-14(17)19/h5-7H,2-4,8-9H2,1H3,(H,16,18). The predicted octanol–water partition coefficient (Wildman–Crippen LogP) is 1.07. The molecule has 1 aromatic carbocycles. The molecule has 0 spiro atoms. The number of methoxy groups -OCH3 is 1. The number of nitrogens with zero attached hydrogens (tertiary/aromatic N) is 1. The van der Waals surface area contributed by atoms with Crippen molar-refractivity contribution >= 4 is 11.8 Å². The number of amides is 2. The molecule has 0 aliphatic carbocycles. The molecule has 2 rings (SSSR count). The molecule has 2 amide bonds. The van der Waals surface area contributed by atoms with E-state index in [4.69, 9.17) is 4.74 Å². The van der Waals surface area contributed by atoms with Crippen LogP contribution in [0.15, 0.2) is 18.2 Å². The Morgan fingerprint density at radius 3 is 2.90 bits per heavy atom. The molecule has 108 valence electrons. The first kappa shape index (κ1) is 14.3. The van der Waals surface area contributed by atoms with Gasteiger partial charge < -0.3 is 15.0 Å². The lowest BCUT2D eigenvalue weighted by Gasteiger charge is -2.15. The summed E-state index contributed by atoms with van der Waals surface area (Å²) in [7, 11) is 1.45. The highest BCUT2D eigenvalue weighted by molar-refractivity contribution is 5.85. The van der Waals surface area contributed by atoms with E-state index in [0.717, 1.165) is 6.42 Å². The van der Waals surface area contributed by atoms with Crippen molar-refractivity contribution in [1.29, 1.82) is 0 Å². The Kier molecular flexibility index (Phi) is 4.55. The molecule has 1 saturated heterocycles. The lowest BCUT2D eigenvalue weighted by molar-refractivity contribution is -0.133. The van der Waals surface area contributed by atoms with Gasteiger partial charge in [0.1, 0.15) is 11.6 Å². The zero-order valence-electron chi connectivity index (χ0n) is 11.3. The van der Waals surface area contributed by atoms with Crippen LogP contribution in [0.1, 0.15) is 18.4 Å². The molecule has 0 unspecified atom stereocenters. The first-order valence-corrected chi connectivity index (χ1v) is 6.46. The largest absolute Gasteiger partial charge is 0.497 e. The minimum absolute atomic E-state index is 0.00701. The summed E-state index contributed by atoms with van der Waals surface area (Å²) in [6, 6.07) is 4.27. The van der Waals surface area contributed by atoms with Crippen molar-refractivity contribution in [3.63, 3.8) is 0 Å². The van der Waals surface area contributed by atoms with E-state index in [0.29, 0.717) is 24.3 Å². The topological polar surface area (TPSA) is 58.6 Å². The zero-order chi connectivity index (χ0) is 14.5. The molecule has 20 heavy (non-hydrogen) atoms. The van der Waals surface area contributed by atoms with Gasteiger partial charge in [-0.05, 0) is 24.1 Å². The Morgan fingerprint density at radius 1 is 1.45 bits per heavy atom. The summed E-state index contributed by atoms with van der Waals surface area (Å²) < 4.78 is 18.2. The minimum Gasteiger partial charge on any atom is -0.497 e. The van der Waals surface area contributed by atoms with Crippen LogP contribution in [-0.2, 0) is 16.1 Å². The Morgan fingerprint density at radius 2 is 2.25 bits per heavy atom. The lowest BCUT2D eigenvalue weighted by atomic mass is 10.2. The maximum atomic E-state index is 13.3. The van der Waals surface area contributed by atoms with Crippen molar-refractivity contribution in [2.75, 3.05) is 20.2 Å². The van der Waals surface area contributed by atoms with Crippen LogP contribution >= 0.6 is 0 Å². The van der Waals surface area contributed by atoms with Crippen molar-refractivity contribution in [3.8, 4) is 5.75 Å². The molecule has 1 aromatic rings. The van der Waals surface area contributed by atoms with Crippen LogP contribution < -0.4 is 10.1 Å². The predicted molar refractivity (Wildman–Crippen MR) is 70.6 cm³/mol. The van der Waals surface area contributed by atoms with Gasteiger partial charge in [0, 0.05) is 25.6 Å². The minimum atomic E-state index is -0.414. The van der Waals surface area contributed by atoms with Crippen molar-refractivity contribution in [3.05, 3.63) is 29.6 Å². The van der Waals surface area contributed by atoms with Crippen LogP contribution in [-0.4, -0.2) is 36.9 Å². The van der Waals surface area contributed by atoms with Gasteiger partial charge in [-0.1, -0.05) is 0 Å². The maximum absolute atomic E-state index is 13.3. The Labute approximate surface area is 116 Å². The molecule has 1 N–H and O–H groups in total. The van der Waals surface area contributed by atoms with E-state index < -0.39 is 5.82 Å². The fourth-order valence-electron chi connectivity index (χ4n) is 2.14. The van der Waals surface area contributed by atoms with E-state index in [1.807, 2.05) is 0 Å². The second-order valence-corrected chi connectivity index (χ2v) is 4.69. The average molecular weight is 280 g/mol. The van der Waals surface area contributed by atoms with Crippen LogP contribution in [0.25, 0.3) is 0 Å². The summed E-state index contributed by atoms with van der Waals surface area (Å²) in [5, 5.41) is 2.67. The highest BCUT2D eigenvalue weighted by Gasteiger charge is 2.22. The fourth-order valence-corrected chi connectivity index (χ4v) is 2.14. The van der Waals surface area contributed by atoms with Gasteiger partial charge in [0.25, 0.3) is 0 Å². The molecule has 1 aliphatic rings. The van der Waals surface area contributed by atoms with E-state index >= 15 is 0 Å². The van der Waals surface area contributed by atoms with E-state index in [-0.39, 0.29) is 24.9 Å². The number of carbonyl (C=O) groups excluding carboxylic acids is 2. The molecule has 0 aromatic heterocycles. The van der Waals surface area contributed by atoms with Crippen LogP contribution in [0.5, 0.6) is 5.75 Å². The second kappa shape index (κ2) is 6.36. The molecule has 1 fully saturated rings. The number of halogens is 1. The molecule has 1 aliphatic heterocycles. The van der Waals surface area contributed by atoms with Gasteiger partial charge in [-0.15, -0.1) is 0 Å². The number of carbonyl (C=O) groups is 2. The Balaban J connectivity index is 1.86. The molecule has 0 radical (unpaired) electrons. The van der Waals surface area contributed by atoms with Gasteiger partial charge in [-0.25, -0.2) is 4.39 Å². The number of ether oxygens (including phenoxy) is 1. The quantitative estimate of drug-likeness (QED) is 0.878. The molecule has 1 heterocycles. The highest BCUT2D eigenvalue weighted by Crippen LogP contribution is 2.15. The summed E-state index contributed by atoms with van der Waals surface area (Å²) in [6.45, 7) is 0.889. The molecule has 0 saturated carbocycles. The highest BCUT2D eigenvalue weighted by atomic mass is 19.1. The molecule has 6 heteroatoms. The SMILES string of the molecule is COc1cc(F)cc(CNC(=O)CN2CCCC2=O)c1. The van der Waals surface area contributed by atoms with Crippen LogP contribution in [0.2, 0.25) is 0 Å². The third kappa shape index (κ3) is 3.69. The lowest BCUT2D eigenvalue weighted by Crippen LogP contribution is -2.37. The monoisotopic (exact) mass is 280 g/mol. The summed E-state index contributed by atoms with van der Waals surface area (Å²) in [5.41, 5.74) is 0.614. The number of benzene rings is 1. The summed E-state index contributed by atoms with van der Waals surface area (Å²) in [6.07, 6.45) is 1.31. The number of hydrogen-bond donors (Lipinski definition) is 1. The third-order valence-corrected chi connectivity index (χ3v) is 3.16. The normalized spacial score (nSPS) is 14.5. The number of likely N-dealkylation sites (tertiary alicyclic amines) is 1. The Hall–Kier alpha value is -2.11. The van der Waals surface area contributed by atoms with E-state index in [1.54, 1.807) is 6.07 Å². The van der Waals surface area contributed by atoms with Crippen molar-refractivity contribution in [2.24, 2.45) is 0 Å². The molecule has 0 atom stereocenters. The summed E-state index contributed by atoms with van der Waals surface area (Å²) >= 11 is 0. The van der Waals surface area contributed by atoms with Gasteiger partial charge in [-0.2, -0.15) is 0 Å². The molecule has 0 bridgehead atoms. The first-order valence-electron chi connectivity index (χ1n) is 6.46. The van der Waals surface area contributed by atoms with Crippen LogP contribution in [0.3, 0.4) is 0 Å². The summed E-state index contributed by atoms with van der Waals surface area (Å²) in [5.74, 6) is -0.247. The van der Waals surface area contributed by atoms with E-state index in [1.165, 1.54) is 24.1 Å². The van der Waals surface area contributed by atoms with Crippen molar-refractivity contribution < 1.29 is 18.7 Å². The Bertz CT molecular complexity index is 519. The number of rotatable bonds is 5. The second-order valence-electron chi connectivity index (χ2n) is 4.69. The van der Waals surface area contributed by atoms with Gasteiger partial charge >= 0.3 is 0 Å². The smallest absolute Gasteiger partial charge is 0.239 e. The van der Waals surface area contributed by atoms with E-state index in [9.17, 15) is 14.0 Å². The third-order valence-electron chi connectivity index (χ3n) is 3.16. The van der Waals surface area contributed by atoms with Gasteiger partial charge in [0.05, 0.1) is 13.7 Å². The molecular weight excluding hydrogens is 263 g/mol. The van der Waals surface area contributed by atoms with Crippen LogP contribution in [0, 0.1) is 5.82 Å². The van der Waals surface area contributed by atoms with Crippen LogP contribution in [0.4, 0.5) is 4.39 Å². The number of nitrogens with one attached hydrogen (secondary N) is 1.